The summed E-state index contributed by atoms with van der Waals surface area (Å²) in [5.41, 5.74) is 0.409. The molecule has 0 unspecified atom stereocenters. The molecule has 90 valence electrons. The van der Waals surface area contributed by atoms with Crippen molar-refractivity contribution in [2.24, 2.45) is 0 Å². The first-order valence-electron chi connectivity index (χ1n) is 5.40. The molecule has 0 aliphatic rings. The summed E-state index contributed by atoms with van der Waals surface area (Å²) in [6, 6.07) is 3.57. The molecule has 0 atom stereocenters. The van der Waals surface area contributed by atoms with Gasteiger partial charge in [-0.1, -0.05) is 0 Å². The molecule has 0 saturated heterocycles. The van der Waals surface area contributed by atoms with Crippen LogP contribution in [-0.4, -0.2) is 32.1 Å². The molecule has 0 spiro atoms. The monoisotopic (exact) mass is 228 g/mol. The largest absolute Gasteiger partial charge is 0.320 e. The average Bonchev–Trinajstić information content (AvgIpc) is 2.24. The first kappa shape index (κ1) is 13.1. The van der Waals surface area contributed by atoms with Gasteiger partial charge in [-0.25, -0.2) is 8.78 Å². The lowest BCUT2D eigenvalue weighted by molar-refractivity contribution is 0.315. The van der Waals surface area contributed by atoms with Crippen molar-refractivity contribution < 1.29 is 8.78 Å². The van der Waals surface area contributed by atoms with E-state index in [0.29, 0.717) is 12.1 Å². The summed E-state index contributed by atoms with van der Waals surface area (Å²) in [6.07, 6.45) is 0.990. The topological polar surface area (TPSA) is 15.3 Å². The Morgan fingerprint density at radius 2 is 2.06 bits per heavy atom. The number of rotatable bonds is 6. The number of halogens is 2. The van der Waals surface area contributed by atoms with Crippen LogP contribution < -0.4 is 5.32 Å². The Morgan fingerprint density at radius 1 is 1.31 bits per heavy atom. The van der Waals surface area contributed by atoms with E-state index in [1.54, 1.807) is 0 Å². The van der Waals surface area contributed by atoms with E-state index in [1.165, 1.54) is 12.1 Å². The van der Waals surface area contributed by atoms with Crippen molar-refractivity contribution in [1.29, 1.82) is 0 Å². The van der Waals surface area contributed by atoms with Crippen LogP contribution in [0.3, 0.4) is 0 Å². The van der Waals surface area contributed by atoms with Gasteiger partial charge in [0.15, 0.2) is 0 Å². The Labute approximate surface area is 95.3 Å². The van der Waals surface area contributed by atoms with Crippen LogP contribution >= 0.6 is 0 Å². The summed E-state index contributed by atoms with van der Waals surface area (Å²) >= 11 is 0. The highest BCUT2D eigenvalue weighted by Crippen LogP contribution is 2.11. The minimum absolute atomic E-state index is 0.345. The van der Waals surface area contributed by atoms with Gasteiger partial charge in [-0.3, -0.25) is 0 Å². The molecule has 0 aliphatic heterocycles. The van der Waals surface area contributed by atoms with Crippen molar-refractivity contribution >= 4 is 0 Å². The molecule has 0 amide bonds. The molecular formula is C12H18F2N2. The van der Waals surface area contributed by atoms with Gasteiger partial charge in [-0.2, -0.15) is 0 Å². The van der Waals surface area contributed by atoms with Crippen molar-refractivity contribution in [3.63, 3.8) is 0 Å². The summed E-state index contributed by atoms with van der Waals surface area (Å²) in [5.74, 6) is -0.734. The zero-order chi connectivity index (χ0) is 12.0. The summed E-state index contributed by atoms with van der Waals surface area (Å²) in [4.78, 5) is 1.98. The van der Waals surface area contributed by atoms with Crippen LogP contribution in [0.2, 0.25) is 0 Å². The molecule has 1 rings (SSSR count). The number of hydrogen-bond acceptors (Lipinski definition) is 2. The Morgan fingerprint density at radius 3 is 2.75 bits per heavy atom. The second-order valence-electron chi connectivity index (χ2n) is 3.93. The van der Waals surface area contributed by atoms with Crippen LogP contribution in [-0.2, 0) is 6.54 Å². The fourth-order valence-corrected chi connectivity index (χ4v) is 1.56. The minimum atomic E-state index is -0.389. The fraction of sp³-hybridized carbons (Fsp3) is 0.500. The SMILES string of the molecule is CNCCCN(C)Cc1cc(F)ccc1F. The van der Waals surface area contributed by atoms with Gasteiger partial charge in [0.2, 0.25) is 0 Å². The predicted octanol–water partition coefficient (Wildman–Crippen LogP) is 2.01. The highest BCUT2D eigenvalue weighted by Gasteiger charge is 2.06. The molecule has 0 fully saturated rings. The van der Waals surface area contributed by atoms with Crippen LogP contribution in [0, 0.1) is 11.6 Å². The highest BCUT2D eigenvalue weighted by molar-refractivity contribution is 5.18. The highest BCUT2D eigenvalue weighted by atomic mass is 19.1. The summed E-state index contributed by atoms with van der Waals surface area (Å²) < 4.78 is 26.2. The lowest BCUT2D eigenvalue weighted by Crippen LogP contribution is -2.23. The summed E-state index contributed by atoms with van der Waals surface area (Å²) in [7, 11) is 3.80. The van der Waals surface area contributed by atoms with E-state index in [-0.39, 0.29) is 11.6 Å². The lowest BCUT2D eigenvalue weighted by Gasteiger charge is -2.16. The van der Waals surface area contributed by atoms with E-state index >= 15 is 0 Å². The van der Waals surface area contributed by atoms with Gasteiger partial charge in [0.25, 0.3) is 0 Å². The second kappa shape index (κ2) is 6.55. The molecule has 4 heteroatoms. The third-order valence-electron chi connectivity index (χ3n) is 2.41. The van der Waals surface area contributed by atoms with E-state index in [9.17, 15) is 8.78 Å². The van der Waals surface area contributed by atoms with Crippen molar-refractivity contribution in [1.82, 2.24) is 10.2 Å². The van der Waals surface area contributed by atoms with E-state index in [4.69, 9.17) is 0 Å². The predicted molar refractivity (Wildman–Crippen MR) is 61.2 cm³/mol. The minimum Gasteiger partial charge on any atom is -0.320 e. The maximum absolute atomic E-state index is 13.3. The zero-order valence-corrected chi connectivity index (χ0v) is 9.76. The Bertz CT molecular complexity index is 329. The molecule has 0 saturated carbocycles. The molecule has 1 aromatic carbocycles. The van der Waals surface area contributed by atoms with E-state index in [1.807, 2.05) is 19.0 Å². The van der Waals surface area contributed by atoms with Gasteiger partial charge in [0.1, 0.15) is 11.6 Å². The normalized spacial score (nSPS) is 11.1. The quantitative estimate of drug-likeness (QED) is 0.749. The third kappa shape index (κ3) is 4.24. The standard InChI is InChI=1S/C12H18F2N2/c1-15-6-3-7-16(2)9-10-8-11(13)4-5-12(10)14/h4-5,8,15H,3,6-7,9H2,1-2H3. The van der Waals surface area contributed by atoms with Gasteiger partial charge in [-0.15, -0.1) is 0 Å². The molecule has 2 nitrogen and oxygen atoms in total. The van der Waals surface area contributed by atoms with Crippen molar-refractivity contribution in [3.8, 4) is 0 Å². The van der Waals surface area contributed by atoms with Crippen LogP contribution in [0.4, 0.5) is 8.78 Å². The first-order chi connectivity index (χ1) is 7.63. The molecule has 1 N–H and O–H groups in total. The van der Waals surface area contributed by atoms with Gasteiger partial charge >= 0.3 is 0 Å². The maximum atomic E-state index is 13.3. The van der Waals surface area contributed by atoms with Gasteiger partial charge in [-0.05, 0) is 51.8 Å². The molecule has 16 heavy (non-hydrogen) atoms. The number of hydrogen-bond donors (Lipinski definition) is 1. The maximum Gasteiger partial charge on any atom is 0.127 e. The Kier molecular flexibility index (Phi) is 5.35. The van der Waals surface area contributed by atoms with Crippen LogP contribution in [0.1, 0.15) is 12.0 Å². The lowest BCUT2D eigenvalue weighted by atomic mass is 10.2. The number of nitrogens with zero attached hydrogens (tertiary/aromatic N) is 1. The summed E-state index contributed by atoms with van der Waals surface area (Å²) in [6.45, 7) is 2.22. The van der Waals surface area contributed by atoms with E-state index in [0.717, 1.165) is 25.6 Å². The van der Waals surface area contributed by atoms with Gasteiger partial charge in [0, 0.05) is 12.1 Å². The van der Waals surface area contributed by atoms with Crippen molar-refractivity contribution in [2.75, 3.05) is 27.2 Å². The second-order valence-corrected chi connectivity index (χ2v) is 3.93. The van der Waals surface area contributed by atoms with Gasteiger partial charge in [0.05, 0.1) is 0 Å². The summed E-state index contributed by atoms with van der Waals surface area (Å²) in [5, 5.41) is 3.05. The fourth-order valence-electron chi connectivity index (χ4n) is 1.56. The smallest absolute Gasteiger partial charge is 0.127 e. The Hall–Kier alpha value is -1.00. The van der Waals surface area contributed by atoms with Gasteiger partial charge < -0.3 is 10.2 Å². The number of nitrogens with one attached hydrogen (secondary N) is 1. The molecular weight excluding hydrogens is 210 g/mol. The van der Waals surface area contributed by atoms with Crippen LogP contribution in [0.25, 0.3) is 0 Å². The zero-order valence-electron chi connectivity index (χ0n) is 9.76. The van der Waals surface area contributed by atoms with E-state index in [2.05, 4.69) is 5.32 Å². The molecule has 0 bridgehead atoms. The molecule has 0 aliphatic carbocycles. The van der Waals surface area contributed by atoms with E-state index < -0.39 is 0 Å². The molecule has 0 heterocycles. The van der Waals surface area contributed by atoms with Crippen molar-refractivity contribution in [3.05, 3.63) is 35.4 Å². The van der Waals surface area contributed by atoms with Crippen LogP contribution in [0.15, 0.2) is 18.2 Å². The first-order valence-corrected chi connectivity index (χ1v) is 5.40. The Balaban J connectivity index is 2.48. The molecule has 1 aromatic rings. The molecule has 0 aromatic heterocycles. The van der Waals surface area contributed by atoms with Crippen molar-refractivity contribution in [2.45, 2.75) is 13.0 Å². The average molecular weight is 228 g/mol. The van der Waals surface area contributed by atoms with Crippen LogP contribution in [0.5, 0.6) is 0 Å². The molecule has 0 radical (unpaired) electrons. The third-order valence-corrected chi connectivity index (χ3v) is 2.41. The number of benzene rings is 1.